The molecule has 6 heteroatoms. The van der Waals surface area contributed by atoms with Gasteiger partial charge in [-0.1, -0.05) is 31.9 Å². The Morgan fingerprint density at radius 3 is 2.55 bits per heavy atom. The summed E-state index contributed by atoms with van der Waals surface area (Å²) in [5.74, 6) is 0. The lowest BCUT2D eigenvalue weighted by Crippen LogP contribution is -2.25. The molecule has 0 heterocycles. The minimum atomic E-state index is -3.44. The normalized spacial score (nSPS) is 11.8. The van der Waals surface area contributed by atoms with Crippen molar-refractivity contribution in [2.75, 3.05) is 13.1 Å². The molecule has 0 aliphatic rings. The Labute approximate surface area is 127 Å². The topological polar surface area (TPSA) is 58.2 Å². The van der Waals surface area contributed by atoms with Gasteiger partial charge in [-0.05, 0) is 43.1 Å². The molecule has 0 amide bonds. The molecule has 0 bridgehead atoms. The summed E-state index contributed by atoms with van der Waals surface area (Å²) in [6, 6.07) is 4.82. The second kappa shape index (κ2) is 8.62. The van der Waals surface area contributed by atoms with Gasteiger partial charge in [0.25, 0.3) is 0 Å². The SMILES string of the molecule is CCCCNS(=O)(=O)c1ccc(Cl)c(CNCCC)c1. The van der Waals surface area contributed by atoms with Crippen LogP contribution in [0.2, 0.25) is 5.02 Å². The van der Waals surface area contributed by atoms with Crippen LogP contribution in [0.5, 0.6) is 0 Å². The molecule has 114 valence electrons. The average Bonchev–Trinajstić information content (AvgIpc) is 2.41. The van der Waals surface area contributed by atoms with Crippen LogP contribution in [0.3, 0.4) is 0 Å². The maximum Gasteiger partial charge on any atom is 0.240 e. The van der Waals surface area contributed by atoms with Crippen LogP contribution in [-0.2, 0) is 16.6 Å². The molecule has 1 rings (SSSR count). The zero-order valence-corrected chi connectivity index (χ0v) is 13.6. The zero-order chi connectivity index (χ0) is 15.0. The fourth-order valence-corrected chi connectivity index (χ4v) is 3.03. The van der Waals surface area contributed by atoms with E-state index in [1.54, 1.807) is 18.2 Å². The molecule has 0 atom stereocenters. The molecule has 4 nitrogen and oxygen atoms in total. The van der Waals surface area contributed by atoms with Crippen LogP contribution < -0.4 is 10.0 Å². The van der Waals surface area contributed by atoms with E-state index in [0.29, 0.717) is 18.1 Å². The summed E-state index contributed by atoms with van der Waals surface area (Å²) in [7, 11) is -3.44. The van der Waals surface area contributed by atoms with Gasteiger partial charge in [0.2, 0.25) is 10.0 Å². The van der Waals surface area contributed by atoms with E-state index in [1.165, 1.54) is 0 Å². The number of halogens is 1. The van der Waals surface area contributed by atoms with Gasteiger partial charge in [-0.15, -0.1) is 0 Å². The van der Waals surface area contributed by atoms with E-state index in [2.05, 4.69) is 17.0 Å². The van der Waals surface area contributed by atoms with Crippen LogP contribution in [0, 0.1) is 0 Å². The Bertz CT molecular complexity index is 518. The predicted octanol–water partition coefficient (Wildman–Crippen LogP) is 2.92. The zero-order valence-electron chi connectivity index (χ0n) is 12.1. The summed E-state index contributed by atoms with van der Waals surface area (Å²) in [4.78, 5) is 0.270. The highest BCUT2D eigenvalue weighted by Crippen LogP contribution is 2.20. The maximum absolute atomic E-state index is 12.1. The van der Waals surface area contributed by atoms with E-state index >= 15 is 0 Å². The lowest BCUT2D eigenvalue weighted by atomic mass is 10.2. The Balaban J connectivity index is 2.82. The van der Waals surface area contributed by atoms with E-state index < -0.39 is 10.0 Å². The van der Waals surface area contributed by atoms with Crippen LogP contribution >= 0.6 is 11.6 Å². The molecule has 2 N–H and O–H groups in total. The summed E-state index contributed by atoms with van der Waals surface area (Å²) >= 11 is 6.10. The third-order valence-electron chi connectivity index (χ3n) is 2.89. The Morgan fingerprint density at radius 2 is 1.90 bits per heavy atom. The molecule has 0 fully saturated rings. The molecule has 0 aliphatic heterocycles. The van der Waals surface area contributed by atoms with Gasteiger partial charge in [-0.2, -0.15) is 0 Å². The summed E-state index contributed by atoms with van der Waals surface area (Å²) < 4.78 is 26.9. The highest BCUT2D eigenvalue weighted by atomic mass is 35.5. The lowest BCUT2D eigenvalue weighted by molar-refractivity contribution is 0.578. The molecular formula is C14H23ClN2O2S. The first-order valence-corrected chi connectivity index (χ1v) is 8.86. The number of hydrogen-bond acceptors (Lipinski definition) is 3. The monoisotopic (exact) mass is 318 g/mol. The van der Waals surface area contributed by atoms with E-state index in [4.69, 9.17) is 11.6 Å². The van der Waals surface area contributed by atoms with Gasteiger partial charge in [-0.3, -0.25) is 0 Å². The molecule has 0 aromatic heterocycles. The van der Waals surface area contributed by atoms with Gasteiger partial charge < -0.3 is 5.32 Å². The van der Waals surface area contributed by atoms with E-state index in [9.17, 15) is 8.42 Å². The fourth-order valence-electron chi connectivity index (χ4n) is 1.72. The second-order valence-corrected chi connectivity index (χ2v) is 6.86. The Kier molecular flexibility index (Phi) is 7.51. The van der Waals surface area contributed by atoms with Gasteiger partial charge in [-0.25, -0.2) is 13.1 Å². The number of sulfonamides is 1. The number of hydrogen-bond donors (Lipinski definition) is 2. The molecule has 0 aliphatic carbocycles. The number of nitrogens with one attached hydrogen (secondary N) is 2. The largest absolute Gasteiger partial charge is 0.313 e. The van der Waals surface area contributed by atoms with Crippen LogP contribution in [0.1, 0.15) is 38.7 Å². The minimum Gasteiger partial charge on any atom is -0.313 e. The van der Waals surface area contributed by atoms with Crippen LogP contribution in [0.25, 0.3) is 0 Å². The lowest BCUT2D eigenvalue weighted by Gasteiger charge is -2.10. The molecule has 20 heavy (non-hydrogen) atoms. The number of unbranched alkanes of at least 4 members (excludes halogenated alkanes) is 1. The van der Waals surface area contributed by atoms with Crippen molar-refractivity contribution in [3.8, 4) is 0 Å². The summed E-state index contributed by atoms with van der Waals surface area (Å²) in [5.41, 5.74) is 0.804. The van der Waals surface area contributed by atoms with Crippen LogP contribution in [0.15, 0.2) is 23.1 Å². The molecule has 1 aromatic carbocycles. The van der Waals surface area contributed by atoms with Crippen molar-refractivity contribution in [3.05, 3.63) is 28.8 Å². The summed E-state index contributed by atoms with van der Waals surface area (Å²) in [5, 5.41) is 3.81. The van der Waals surface area contributed by atoms with Crippen LogP contribution in [-0.4, -0.2) is 21.5 Å². The van der Waals surface area contributed by atoms with E-state index in [1.807, 2.05) is 6.92 Å². The fraction of sp³-hybridized carbons (Fsp3) is 0.571. The molecule has 1 aromatic rings. The quantitative estimate of drug-likeness (QED) is 0.688. The Morgan fingerprint density at radius 1 is 1.15 bits per heavy atom. The molecule has 0 saturated heterocycles. The van der Waals surface area contributed by atoms with Crippen LogP contribution in [0.4, 0.5) is 0 Å². The van der Waals surface area contributed by atoms with Crippen molar-refractivity contribution in [3.63, 3.8) is 0 Å². The van der Waals surface area contributed by atoms with E-state index in [-0.39, 0.29) is 4.90 Å². The molecule has 0 unspecified atom stereocenters. The smallest absolute Gasteiger partial charge is 0.240 e. The number of benzene rings is 1. The van der Waals surface area contributed by atoms with Gasteiger partial charge >= 0.3 is 0 Å². The van der Waals surface area contributed by atoms with Gasteiger partial charge in [0.1, 0.15) is 0 Å². The molecule has 0 saturated carbocycles. The average molecular weight is 319 g/mol. The summed E-state index contributed by atoms with van der Waals surface area (Å²) in [6.45, 7) is 6.01. The first-order chi connectivity index (χ1) is 9.51. The summed E-state index contributed by atoms with van der Waals surface area (Å²) in [6.07, 6.45) is 2.81. The predicted molar refractivity (Wildman–Crippen MR) is 83.5 cm³/mol. The van der Waals surface area contributed by atoms with Crippen molar-refractivity contribution in [1.29, 1.82) is 0 Å². The maximum atomic E-state index is 12.1. The first kappa shape index (κ1) is 17.4. The molecule has 0 radical (unpaired) electrons. The molecular weight excluding hydrogens is 296 g/mol. The third kappa shape index (κ3) is 5.40. The Hall–Kier alpha value is -0.620. The standard InChI is InChI=1S/C14H23ClN2O2S/c1-3-5-9-17-20(18,19)13-6-7-14(15)12(10-13)11-16-8-4-2/h6-7,10,16-17H,3-5,8-9,11H2,1-2H3. The highest BCUT2D eigenvalue weighted by molar-refractivity contribution is 7.89. The van der Waals surface area contributed by atoms with Crippen molar-refractivity contribution >= 4 is 21.6 Å². The van der Waals surface area contributed by atoms with Crippen molar-refractivity contribution < 1.29 is 8.42 Å². The first-order valence-electron chi connectivity index (χ1n) is 7.00. The van der Waals surface area contributed by atoms with Crippen molar-refractivity contribution in [2.24, 2.45) is 0 Å². The van der Waals surface area contributed by atoms with Gasteiger partial charge in [0.05, 0.1) is 4.90 Å². The van der Waals surface area contributed by atoms with Crippen molar-refractivity contribution in [2.45, 2.75) is 44.6 Å². The van der Waals surface area contributed by atoms with Gasteiger partial charge in [0, 0.05) is 18.1 Å². The van der Waals surface area contributed by atoms with Crippen molar-refractivity contribution in [1.82, 2.24) is 10.0 Å². The second-order valence-electron chi connectivity index (χ2n) is 4.68. The third-order valence-corrected chi connectivity index (χ3v) is 4.72. The number of rotatable bonds is 9. The van der Waals surface area contributed by atoms with Gasteiger partial charge in [0.15, 0.2) is 0 Å². The highest BCUT2D eigenvalue weighted by Gasteiger charge is 2.14. The van der Waals surface area contributed by atoms with E-state index in [0.717, 1.165) is 31.4 Å². The minimum absolute atomic E-state index is 0.270. The molecule has 0 spiro atoms.